The van der Waals surface area contributed by atoms with Gasteiger partial charge >= 0.3 is 0 Å². The first kappa shape index (κ1) is 22.8. The molecule has 0 spiro atoms. The molecule has 0 radical (unpaired) electrons. The average Bonchev–Trinajstić information content (AvgIpc) is 3.16. The minimum Gasteiger partial charge on any atom is -0.494 e. The summed E-state index contributed by atoms with van der Waals surface area (Å²) in [6.45, 7) is 6.30. The number of carbonyl (C=O) groups excluding carboxylic acids is 2. The summed E-state index contributed by atoms with van der Waals surface area (Å²) >= 11 is 7.54. The van der Waals surface area contributed by atoms with Crippen LogP contribution in [0, 0.1) is 0 Å². The SMILES string of the molecule is CCOc1ccc(-c2nc(CC(=O)Nc3cc(Cl)ccc3C(=O)NC(C)C)cs2)cc1. The highest BCUT2D eigenvalue weighted by molar-refractivity contribution is 7.13. The molecule has 3 rings (SSSR count). The third-order valence-electron chi connectivity index (χ3n) is 4.23. The van der Waals surface area contributed by atoms with Crippen LogP contribution < -0.4 is 15.4 Å². The number of amides is 2. The Balaban J connectivity index is 1.69. The van der Waals surface area contributed by atoms with E-state index in [9.17, 15) is 9.59 Å². The van der Waals surface area contributed by atoms with Gasteiger partial charge in [0.1, 0.15) is 10.8 Å². The van der Waals surface area contributed by atoms with Crippen molar-refractivity contribution < 1.29 is 14.3 Å². The Morgan fingerprint density at radius 1 is 1.16 bits per heavy atom. The lowest BCUT2D eigenvalue weighted by molar-refractivity contribution is -0.115. The fourth-order valence-corrected chi connectivity index (χ4v) is 3.90. The molecule has 0 fully saturated rings. The molecule has 2 N–H and O–H groups in total. The highest BCUT2D eigenvalue weighted by Crippen LogP contribution is 2.26. The Bertz CT molecular complexity index is 1060. The maximum absolute atomic E-state index is 12.6. The fourth-order valence-electron chi connectivity index (χ4n) is 2.90. The van der Waals surface area contributed by atoms with Crippen LogP contribution in [0.4, 0.5) is 5.69 Å². The molecular weight excluding hydrogens is 434 g/mol. The van der Waals surface area contributed by atoms with Gasteiger partial charge in [0.05, 0.1) is 30.0 Å². The van der Waals surface area contributed by atoms with Crippen LogP contribution in [-0.4, -0.2) is 29.4 Å². The van der Waals surface area contributed by atoms with Crippen LogP contribution in [0.3, 0.4) is 0 Å². The topological polar surface area (TPSA) is 80.3 Å². The molecular formula is C23H24ClN3O3S. The van der Waals surface area contributed by atoms with Crippen molar-refractivity contribution >= 4 is 40.4 Å². The van der Waals surface area contributed by atoms with Crippen LogP contribution in [0.2, 0.25) is 5.02 Å². The highest BCUT2D eigenvalue weighted by Gasteiger charge is 2.16. The normalized spacial score (nSPS) is 10.7. The lowest BCUT2D eigenvalue weighted by Crippen LogP contribution is -2.31. The van der Waals surface area contributed by atoms with E-state index in [1.54, 1.807) is 18.2 Å². The molecule has 0 bridgehead atoms. The zero-order valence-electron chi connectivity index (χ0n) is 17.6. The van der Waals surface area contributed by atoms with E-state index in [1.807, 2.05) is 50.4 Å². The quantitative estimate of drug-likeness (QED) is 0.488. The van der Waals surface area contributed by atoms with Gasteiger partial charge in [-0.25, -0.2) is 4.98 Å². The predicted octanol–water partition coefficient (Wildman–Crippen LogP) is 5.18. The second-order valence-corrected chi connectivity index (χ2v) is 8.44. The Morgan fingerprint density at radius 3 is 2.58 bits per heavy atom. The average molecular weight is 458 g/mol. The van der Waals surface area contributed by atoms with Crippen molar-refractivity contribution in [2.24, 2.45) is 0 Å². The molecule has 0 aliphatic rings. The van der Waals surface area contributed by atoms with Crippen LogP contribution in [0.1, 0.15) is 36.8 Å². The standard InChI is InChI=1S/C23H24ClN3O3S/c1-4-30-18-8-5-15(6-9-18)23-26-17(13-31-23)12-21(28)27-20-11-16(24)7-10-19(20)22(29)25-14(2)3/h5-11,13-14H,4,12H2,1-3H3,(H,25,29)(H,27,28). The fraction of sp³-hybridized carbons (Fsp3) is 0.261. The van der Waals surface area contributed by atoms with Crippen molar-refractivity contribution in [3.63, 3.8) is 0 Å². The second kappa shape index (κ2) is 10.4. The van der Waals surface area contributed by atoms with E-state index in [0.29, 0.717) is 28.6 Å². The molecule has 0 unspecified atom stereocenters. The molecule has 0 atom stereocenters. The number of thiazole rings is 1. The Kier molecular flexibility index (Phi) is 7.65. The molecule has 1 heterocycles. The summed E-state index contributed by atoms with van der Waals surface area (Å²) in [5.74, 6) is 0.263. The number of benzene rings is 2. The van der Waals surface area contributed by atoms with Crippen LogP contribution in [0.15, 0.2) is 47.8 Å². The monoisotopic (exact) mass is 457 g/mol. The van der Waals surface area contributed by atoms with Gasteiger partial charge in [-0.3, -0.25) is 9.59 Å². The van der Waals surface area contributed by atoms with Gasteiger partial charge in [0, 0.05) is 22.0 Å². The smallest absolute Gasteiger partial charge is 0.253 e. The van der Waals surface area contributed by atoms with Gasteiger partial charge in [-0.15, -0.1) is 11.3 Å². The largest absolute Gasteiger partial charge is 0.494 e. The van der Waals surface area contributed by atoms with Crippen molar-refractivity contribution in [2.75, 3.05) is 11.9 Å². The van der Waals surface area contributed by atoms with E-state index in [0.717, 1.165) is 16.3 Å². The van der Waals surface area contributed by atoms with Gasteiger partial charge in [-0.1, -0.05) is 11.6 Å². The summed E-state index contributed by atoms with van der Waals surface area (Å²) in [5, 5.41) is 8.73. The second-order valence-electron chi connectivity index (χ2n) is 7.14. The van der Waals surface area contributed by atoms with Crippen molar-refractivity contribution in [1.29, 1.82) is 0 Å². The number of halogens is 1. The summed E-state index contributed by atoms with van der Waals surface area (Å²) in [5.41, 5.74) is 2.35. The van der Waals surface area contributed by atoms with Gasteiger partial charge in [0.2, 0.25) is 5.91 Å². The number of anilines is 1. The van der Waals surface area contributed by atoms with Crippen LogP contribution in [0.5, 0.6) is 5.75 Å². The number of nitrogens with zero attached hydrogens (tertiary/aromatic N) is 1. The number of rotatable bonds is 8. The van der Waals surface area contributed by atoms with Gasteiger partial charge in [-0.05, 0) is 63.2 Å². The minimum atomic E-state index is -0.274. The molecule has 6 nitrogen and oxygen atoms in total. The number of aromatic nitrogens is 1. The van der Waals surface area contributed by atoms with Gasteiger partial charge < -0.3 is 15.4 Å². The molecule has 31 heavy (non-hydrogen) atoms. The first-order valence-electron chi connectivity index (χ1n) is 9.93. The van der Waals surface area contributed by atoms with E-state index in [4.69, 9.17) is 16.3 Å². The Hall–Kier alpha value is -2.90. The van der Waals surface area contributed by atoms with Gasteiger partial charge in [0.25, 0.3) is 5.91 Å². The molecule has 2 amide bonds. The maximum Gasteiger partial charge on any atom is 0.253 e. The summed E-state index contributed by atoms with van der Waals surface area (Å²) in [4.78, 5) is 29.6. The number of ether oxygens (including phenoxy) is 1. The van der Waals surface area contributed by atoms with Crippen LogP contribution in [-0.2, 0) is 11.2 Å². The summed E-state index contributed by atoms with van der Waals surface area (Å²) in [6.07, 6.45) is 0.0886. The maximum atomic E-state index is 12.6. The lowest BCUT2D eigenvalue weighted by Gasteiger charge is -2.13. The van der Waals surface area contributed by atoms with Crippen molar-refractivity contribution in [3.05, 3.63) is 64.1 Å². The Labute approximate surface area is 190 Å². The molecule has 0 aliphatic carbocycles. The van der Waals surface area contributed by atoms with E-state index in [2.05, 4.69) is 15.6 Å². The zero-order valence-corrected chi connectivity index (χ0v) is 19.1. The lowest BCUT2D eigenvalue weighted by atomic mass is 10.1. The van der Waals surface area contributed by atoms with Crippen molar-refractivity contribution in [2.45, 2.75) is 33.2 Å². The number of nitrogens with one attached hydrogen (secondary N) is 2. The van der Waals surface area contributed by atoms with E-state index in [1.165, 1.54) is 11.3 Å². The summed E-state index contributed by atoms with van der Waals surface area (Å²) in [6, 6.07) is 12.5. The van der Waals surface area contributed by atoms with E-state index < -0.39 is 0 Å². The molecule has 0 saturated heterocycles. The molecule has 8 heteroatoms. The molecule has 3 aromatic rings. The molecule has 0 saturated carbocycles. The van der Waals surface area contributed by atoms with Gasteiger partial charge in [-0.2, -0.15) is 0 Å². The van der Waals surface area contributed by atoms with E-state index >= 15 is 0 Å². The molecule has 162 valence electrons. The summed E-state index contributed by atoms with van der Waals surface area (Å²) in [7, 11) is 0. The first-order valence-corrected chi connectivity index (χ1v) is 11.2. The number of hydrogen-bond acceptors (Lipinski definition) is 5. The van der Waals surface area contributed by atoms with Gasteiger partial charge in [0.15, 0.2) is 0 Å². The third kappa shape index (κ3) is 6.29. The molecule has 0 aliphatic heterocycles. The number of hydrogen-bond donors (Lipinski definition) is 2. The van der Waals surface area contributed by atoms with Crippen LogP contribution in [0.25, 0.3) is 10.6 Å². The predicted molar refractivity (Wildman–Crippen MR) is 125 cm³/mol. The highest BCUT2D eigenvalue weighted by atomic mass is 35.5. The van der Waals surface area contributed by atoms with Crippen molar-refractivity contribution in [3.8, 4) is 16.3 Å². The molecule has 2 aromatic carbocycles. The van der Waals surface area contributed by atoms with Crippen LogP contribution >= 0.6 is 22.9 Å². The zero-order chi connectivity index (χ0) is 22.4. The minimum absolute atomic E-state index is 0.0252. The molecule has 1 aromatic heterocycles. The van der Waals surface area contributed by atoms with Crippen molar-refractivity contribution in [1.82, 2.24) is 10.3 Å². The third-order valence-corrected chi connectivity index (χ3v) is 5.40. The first-order chi connectivity index (χ1) is 14.9. The number of carbonyl (C=O) groups is 2. The Morgan fingerprint density at radius 2 is 1.90 bits per heavy atom. The summed E-state index contributed by atoms with van der Waals surface area (Å²) < 4.78 is 5.46. The van der Waals surface area contributed by atoms with E-state index in [-0.39, 0.29) is 24.3 Å².